The molecule has 0 aliphatic carbocycles. The zero-order valence-corrected chi connectivity index (χ0v) is 16.4. The van der Waals surface area contributed by atoms with Gasteiger partial charge in [0.15, 0.2) is 0 Å². The lowest BCUT2D eigenvalue weighted by molar-refractivity contribution is -0.139. The number of carbonyl (C=O) groups excluding carboxylic acids is 1. The Morgan fingerprint density at radius 1 is 1.21 bits per heavy atom. The number of aliphatic carboxylic acids is 1. The summed E-state index contributed by atoms with van der Waals surface area (Å²) >= 11 is 0. The largest absolute Gasteiger partial charge is 0.497 e. The van der Waals surface area contributed by atoms with Gasteiger partial charge in [0, 0.05) is 5.92 Å². The third-order valence-corrected chi connectivity index (χ3v) is 4.86. The van der Waals surface area contributed by atoms with Crippen LogP contribution in [-0.2, 0) is 21.5 Å². The second kappa shape index (κ2) is 9.35. The van der Waals surface area contributed by atoms with E-state index in [9.17, 15) is 19.1 Å². The highest BCUT2D eigenvalue weighted by Crippen LogP contribution is 2.28. The van der Waals surface area contributed by atoms with E-state index in [0.717, 1.165) is 0 Å². The number of rotatable bonds is 9. The molecule has 6 heteroatoms. The Balaban J connectivity index is 2.13. The quantitative estimate of drug-likeness (QED) is 0.684. The van der Waals surface area contributed by atoms with Gasteiger partial charge in [-0.25, -0.2) is 4.39 Å². The van der Waals surface area contributed by atoms with E-state index in [1.807, 2.05) is 0 Å². The lowest BCUT2D eigenvalue weighted by Gasteiger charge is -2.31. The summed E-state index contributed by atoms with van der Waals surface area (Å²) in [6.07, 6.45) is 0.607. The fourth-order valence-electron chi connectivity index (χ4n) is 3.09. The normalized spacial score (nSPS) is 14.0. The van der Waals surface area contributed by atoms with Crippen LogP contribution in [0.15, 0.2) is 48.5 Å². The van der Waals surface area contributed by atoms with Crippen molar-refractivity contribution in [3.63, 3.8) is 0 Å². The van der Waals surface area contributed by atoms with Gasteiger partial charge >= 0.3 is 5.97 Å². The van der Waals surface area contributed by atoms with Gasteiger partial charge in [0.1, 0.15) is 11.6 Å². The summed E-state index contributed by atoms with van der Waals surface area (Å²) in [7, 11) is 1.52. The van der Waals surface area contributed by atoms with Crippen LogP contribution >= 0.6 is 0 Å². The van der Waals surface area contributed by atoms with Crippen LogP contribution in [0.3, 0.4) is 0 Å². The van der Waals surface area contributed by atoms with Crippen LogP contribution in [0.1, 0.15) is 37.8 Å². The fraction of sp³-hybridized carbons (Fsp3) is 0.364. The maximum atomic E-state index is 13.8. The Morgan fingerprint density at radius 3 is 2.57 bits per heavy atom. The number of carboxylic acid groups (broad SMARTS) is 1. The van der Waals surface area contributed by atoms with Crippen molar-refractivity contribution in [2.75, 3.05) is 7.11 Å². The second-order valence-corrected chi connectivity index (χ2v) is 7.15. The molecule has 5 nitrogen and oxygen atoms in total. The number of hydrogen-bond donors (Lipinski definition) is 2. The van der Waals surface area contributed by atoms with Gasteiger partial charge in [-0.05, 0) is 49.1 Å². The van der Waals surface area contributed by atoms with Gasteiger partial charge < -0.3 is 15.2 Å². The molecule has 0 fully saturated rings. The van der Waals surface area contributed by atoms with Crippen LogP contribution in [0.2, 0.25) is 0 Å². The number of hydrogen-bond acceptors (Lipinski definition) is 3. The average Bonchev–Trinajstić information content (AvgIpc) is 2.66. The lowest BCUT2D eigenvalue weighted by atomic mass is 9.87. The first-order chi connectivity index (χ1) is 13.2. The van der Waals surface area contributed by atoms with Crippen molar-refractivity contribution in [1.82, 2.24) is 5.32 Å². The smallest absolute Gasteiger partial charge is 0.306 e. The van der Waals surface area contributed by atoms with Crippen LogP contribution in [0, 0.1) is 11.7 Å². The van der Waals surface area contributed by atoms with Crippen LogP contribution in [0.25, 0.3) is 0 Å². The number of aryl methyl sites for hydroxylation is 1. The number of ether oxygens (including phenoxy) is 1. The van der Waals surface area contributed by atoms with Gasteiger partial charge in [0.2, 0.25) is 5.91 Å². The number of amides is 1. The molecule has 28 heavy (non-hydrogen) atoms. The molecular formula is C22H26FNO4. The maximum Gasteiger partial charge on any atom is 0.306 e. The molecule has 2 rings (SSSR count). The minimum atomic E-state index is -1.09. The molecule has 0 radical (unpaired) electrons. The summed E-state index contributed by atoms with van der Waals surface area (Å²) in [5, 5.41) is 12.2. The molecule has 0 bridgehead atoms. The van der Waals surface area contributed by atoms with Crippen LogP contribution in [0.5, 0.6) is 5.75 Å². The zero-order valence-electron chi connectivity index (χ0n) is 16.4. The van der Waals surface area contributed by atoms with Crippen molar-refractivity contribution in [3.8, 4) is 5.75 Å². The number of benzene rings is 2. The molecule has 1 amide bonds. The van der Waals surface area contributed by atoms with Gasteiger partial charge in [-0.15, -0.1) is 0 Å². The van der Waals surface area contributed by atoms with Gasteiger partial charge in [-0.1, -0.05) is 37.3 Å². The molecule has 2 aromatic carbocycles. The molecule has 0 aromatic heterocycles. The average molecular weight is 387 g/mol. The van der Waals surface area contributed by atoms with Gasteiger partial charge in [-0.3, -0.25) is 9.59 Å². The Hall–Kier alpha value is -2.89. The van der Waals surface area contributed by atoms with Gasteiger partial charge in [0.25, 0.3) is 0 Å². The third kappa shape index (κ3) is 5.55. The predicted molar refractivity (Wildman–Crippen MR) is 105 cm³/mol. The van der Waals surface area contributed by atoms with Crippen molar-refractivity contribution in [1.29, 1.82) is 0 Å². The lowest BCUT2D eigenvalue weighted by Crippen LogP contribution is -2.47. The molecule has 2 atom stereocenters. The Bertz CT molecular complexity index is 839. The van der Waals surface area contributed by atoms with E-state index in [1.54, 1.807) is 56.3 Å². The van der Waals surface area contributed by atoms with Crippen LogP contribution in [-0.4, -0.2) is 24.1 Å². The Kier molecular flexibility index (Phi) is 7.15. The first kappa shape index (κ1) is 21.4. The maximum absolute atomic E-state index is 13.8. The van der Waals surface area contributed by atoms with E-state index in [0.29, 0.717) is 29.7 Å². The molecule has 0 aliphatic rings. The minimum absolute atomic E-state index is 0.272. The highest BCUT2D eigenvalue weighted by molar-refractivity contribution is 5.80. The molecular weight excluding hydrogens is 361 g/mol. The van der Waals surface area contributed by atoms with E-state index in [-0.39, 0.29) is 18.1 Å². The summed E-state index contributed by atoms with van der Waals surface area (Å²) in [6.45, 7) is 3.43. The number of methoxy groups -OCH3 is 1. The van der Waals surface area contributed by atoms with E-state index >= 15 is 0 Å². The number of carbonyl (C=O) groups is 2. The van der Waals surface area contributed by atoms with E-state index in [4.69, 9.17) is 4.74 Å². The van der Waals surface area contributed by atoms with E-state index in [1.165, 1.54) is 13.2 Å². The Labute approximate surface area is 164 Å². The molecule has 0 spiro atoms. The summed E-state index contributed by atoms with van der Waals surface area (Å²) < 4.78 is 19.0. The summed E-state index contributed by atoms with van der Waals surface area (Å²) in [5.74, 6) is -1.41. The third-order valence-electron chi connectivity index (χ3n) is 4.86. The highest BCUT2D eigenvalue weighted by atomic mass is 19.1. The number of nitrogens with one attached hydrogen (secondary N) is 1. The summed E-state index contributed by atoms with van der Waals surface area (Å²) in [6, 6.07) is 13.5. The molecule has 2 aromatic rings. The molecule has 0 saturated heterocycles. The number of halogens is 1. The second-order valence-electron chi connectivity index (χ2n) is 7.15. The first-order valence-electron chi connectivity index (χ1n) is 9.17. The Morgan fingerprint density at radius 2 is 1.93 bits per heavy atom. The van der Waals surface area contributed by atoms with E-state index in [2.05, 4.69) is 5.32 Å². The SMILES string of the molecule is COc1cccc(C(C)(CC(=O)O)NC(=O)C(C)CCc2ccccc2F)c1. The van der Waals surface area contributed by atoms with Crippen molar-refractivity contribution < 1.29 is 23.8 Å². The zero-order chi connectivity index (χ0) is 20.7. The standard InChI is InChI=1S/C22H26FNO4/c1-15(11-12-16-7-4-5-10-19(16)23)21(27)24-22(2,14-20(25)26)17-8-6-9-18(13-17)28-3/h4-10,13,15H,11-12,14H2,1-3H3,(H,24,27)(H,25,26). The van der Waals surface area contributed by atoms with Gasteiger partial charge in [-0.2, -0.15) is 0 Å². The van der Waals surface area contributed by atoms with Crippen molar-refractivity contribution in [2.45, 2.75) is 38.6 Å². The van der Waals surface area contributed by atoms with Crippen LogP contribution < -0.4 is 10.1 Å². The van der Waals surface area contributed by atoms with Crippen molar-refractivity contribution in [2.24, 2.45) is 5.92 Å². The molecule has 0 aliphatic heterocycles. The molecule has 150 valence electrons. The highest BCUT2D eigenvalue weighted by Gasteiger charge is 2.33. The molecule has 0 heterocycles. The molecule has 2 N–H and O–H groups in total. The van der Waals surface area contributed by atoms with Crippen molar-refractivity contribution in [3.05, 3.63) is 65.5 Å². The minimum Gasteiger partial charge on any atom is -0.497 e. The molecule has 0 saturated carbocycles. The number of carboxylic acids is 1. The monoisotopic (exact) mass is 387 g/mol. The topological polar surface area (TPSA) is 75.6 Å². The fourth-order valence-corrected chi connectivity index (χ4v) is 3.09. The van der Waals surface area contributed by atoms with Crippen molar-refractivity contribution >= 4 is 11.9 Å². The first-order valence-corrected chi connectivity index (χ1v) is 9.17. The predicted octanol–water partition coefficient (Wildman–Crippen LogP) is 3.91. The van der Waals surface area contributed by atoms with E-state index < -0.39 is 17.4 Å². The van der Waals surface area contributed by atoms with Crippen LogP contribution in [0.4, 0.5) is 4.39 Å². The van der Waals surface area contributed by atoms with Gasteiger partial charge in [0.05, 0.1) is 19.1 Å². The molecule has 2 unspecified atom stereocenters. The summed E-state index contributed by atoms with van der Waals surface area (Å²) in [5.41, 5.74) is 0.108. The summed E-state index contributed by atoms with van der Waals surface area (Å²) in [4.78, 5) is 24.2.